The van der Waals surface area contributed by atoms with Crippen molar-refractivity contribution in [1.82, 2.24) is 4.57 Å². The van der Waals surface area contributed by atoms with E-state index in [0.717, 1.165) is 24.2 Å². The SMILES string of the molecule is COc1cc2n(c(=O)c1)CCc1ccccc1-2. The van der Waals surface area contributed by atoms with Gasteiger partial charge in [0.1, 0.15) is 5.75 Å². The number of ether oxygens (including phenoxy) is 1. The molecule has 86 valence electrons. The van der Waals surface area contributed by atoms with Crippen LogP contribution < -0.4 is 10.3 Å². The summed E-state index contributed by atoms with van der Waals surface area (Å²) in [6.45, 7) is 0.745. The second kappa shape index (κ2) is 3.77. The Morgan fingerprint density at radius 3 is 2.88 bits per heavy atom. The largest absolute Gasteiger partial charge is 0.496 e. The van der Waals surface area contributed by atoms with Gasteiger partial charge in [-0.15, -0.1) is 0 Å². The van der Waals surface area contributed by atoms with Crippen LogP contribution in [-0.4, -0.2) is 11.7 Å². The van der Waals surface area contributed by atoms with Crippen molar-refractivity contribution in [3.8, 4) is 17.0 Å². The van der Waals surface area contributed by atoms with Crippen LogP contribution in [0, 0.1) is 0 Å². The standard InChI is InChI=1S/C14H13NO2/c1-17-11-8-13-12-5-3-2-4-10(12)6-7-15(13)14(16)9-11/h2-5,8-9H,6-7H2,1H3. The average Bonchev–Trinajstić information content (AvgIpc) is 2.38. The number of aromatic nitrogens is 1. The molecule has 3 rings (SSSR count). The quantitative estimate of drug-likeness (QED) is 0.747. The Hall–Kier alpha value is -2.03. The number of benzene rings is 1. The van der Waals surface area contributed by atoms with E-state index >= 15 is 0 Å². The molecule has 2 heterocycles. The number of pyridine rings is 1. The monoisotopic (exact) mass is 227 g/mol. The third-order valence-electron chi connectivity index (χ3n) is 3.24. The maximum atomic E-state index is 11.9. The van der Waals surface area contributed by atoms with Crippen LogP contribution in [0.25, 0.3) is 11.3 Å². The molecule has 0 amide bonds. The summed E-state index contributed by atoms with van der Waals surface area (Å²) in [7, 11) is 1.58. The van der Waals surface area contributed by atoms with E-state index in [9.17, 15) is 4.79 Å². The van der Waals surface area contributed by atoms with Gasteiger partial charge in [-0.05, 0) is 12.0 Å². The van der Waals surface area contributed by atoms with E-state index in [-0.39, 0.29) is 5.56 Å². The maximum Gasteiger partial charge on any atom is 0.254 e. The molecule has 0 atom stereocenters. The van der Waals surface area contributed by atoms with Gasteiger partial charge in [0, 0.05) is 24.2 Å². The second-order valence-corrected chi connectivity index (χ2v) is 4.18. The zero-order valence-corrected chi connectivity index (χ0v) is 9.64. The molecule has 0 aliphatic carbocycles. The summed E-state index contributed by atoms with van der Waals surface area (Å²) >= 11 is 0. The minimum atomic E-state index is 0.00820. The summed E-state index contributed by atoms with van der Waals surface area (Å²) in [5.41, 5.74) is 3.39. The highest BCUT2D eigenvalue weighted by Crippen LogP contribution is 2.29. The van der Waals surface area contributed by atoms with E-state index < -0.39 is 0 Å². The molecule has 17 heavy (non-hydrogen) atoms. The summed E-state index contributed by atoms with van der Waals surface area (Å²) in [6.07, 6.45) is 0.912. The van der Waals surface area contributed by atoms with Crippen LogP contribution in [0.15, 0.2) is 41.2 Å². The smallest absolute Gasteiger partial charge is 0.254 e. The Balaban J connectivity index is 2.31. The molecular formula is C14H13NO2. The van der Waals surface area contributed by atoms with E-state index in [1.54, 1.807) is 7.11 Å². The van der Waals surface area contributed by atoms with Crippen LogP contribution in [0.3, 0.4) is 0 Å². The first-order valence-corrected chi connectivity index (χ1v) is 5.67. The van der Waals surface area contributed by atoms with Crippen molar-refractivity contribution in [1.29, 1.82) is 0 Å². The first-order valence-electron chi connectivity index (χ1n) is 5.67. The molecule has 0 radical (unpaired) electrons. The topological polar surface area (TPSA) is 31.2 Å². The van der Waals surface area contributed by atoms with Crippen molar-refractivity contribution in [3.05, 3.63) is 52.3 Å². The van der Waals surface area contributed by atoms with Gasteiger partial charge in [0.25, 0.3) is 5.56 Å². The first-order chi connectivity index (χ1) is 8.29. The fraction of sp³-hybridized carbons (Fsp3) is 0.214. The predicted molar refractivity (Wildman–Crippen MR) is 66.4 cm³/mol. The van der Waals surface area contributed by atoms with Gasteiger partial charge in [0.05, 0.1) is 12.8 Å². The Bertz CT molecular complexity index is 628. The fourth-order valence-corrected chi connectivity index (χ4v) is 2.36. The molecule has 1 aliphatic rings. The molecule has 2 aromatic rings. The fourth-order valence-electron chi connectivity index (χ4n) is 2.36. The molecule has 0 unspecified atom stereocenters. The van der Waals surface area contributed by atoms with Gasteiger partial charge in [-0.1, -0.05) is 24.3 Å². The molecule has 0 bridgehead atoms. The Kier molecular flexibility index (Phi) is 2.25. The minimum Gasteiger partial charge on any atom is -0.496 e. The molecule has 0 saturated heterocycles. The van der Waals surface area contributed by atoms with Gasteiger partial charge in [0.15, 0.2) is 0 Å². The lowest BCUT2D eigenvalue weighted by molar-refractivity contribution is 0.412. The average molecular weight is 227 g/mol. The van der Waals surface area contributed by atoms with Crippen LogP contribution in [0.4, 0.5) is 0 Å². The van der Waals surface area contributed by atoms with E-state index in [2.05, 4.69) is 12.1 Å². The Labute approximate surface area is 99.3 Å². The van der Waals surface area contributed by atoms with E-state index in [1.807, 2.05) is 22.8 Å². The van der Waals surface area contributed by atoms with Gasteiger partial charge >= 0.3 is 0 Å². The number of nitrogens with zero attached hydrogens (tertiary/aromatic N) is 1. The zero-order chi connectivity index (χ0) is 11.8. The van der Waals surface area contributed by atoms with Crippen LogP contribution in [0.1, 0.15) is 5.56 Å². The lowest BCUT2D eigenvalue weighted by Crippen LogP contribution is -2.25. The molecule has 0 N–H and O–H groups in total. The van der Waals surface area contributed by atoms with Crippen molar-refractivity contribution >= 4 is 0 Å². The highest BCUT2D eigenvalue weighted by Gasteiger charge is 2.17. The molecule has 0 spiro atoms. The molecule has 0 fully saturated rings. The maximum absolute atomic E-state index is 11.9. The van der Waals surface area contributed by atoms with E-state index in [4.69, 9.17) is 4.74 Å². The Morgan fingerprint density at radius 1 is 1.24 bits per heavy atom. The van der Waals surface area contributed by atoms with Gasteiger partial charge in [-0.3, -0.25) is 4.79 Å². The van der Waals surface area contributed by atoms with Crippen LogP contribution in [0.2, 0.25) is 0 Å². The molecule has 3 nitrogen and oxygen atoms in total. The first kappa shape index (κ1) is 10.1. The highest BCUT2D eigenvalue weighted by atomic mass is 16.5. The number of fused-ring (bicyclic) bond motifs is 3. The van der Waals surface area contributed by atoms with Crippen LogP contribution in [-0.2, 0) is 13.0 Å². The summed E-state index contributed by atoms with van der Waals surface area (Å²) in [6, 6.07) is 11.7. The molecule has 0 saturated carbocycles. The summed E-state index contributed by atoms with van der Waals surface area (Å²) in [5, 5.41) is 0. The van der Waals surface area contributed by atoms with Gasteiger partial charge in [-0.2, -0.15) is 0 Å². The molecular weight excluding hydrogens is 214 g/mol. The summed E-state index contributed by atoms with van der Waals surface area (Å²) in [5.74, 6) is 0.623. The third-order valence-corrected chi connectivity index (χ3v) is 3.24. The zero-order valence-electron chi connectivity index (χ0n) is 9.64. The van der Waals surface area contributed by atoms with Crippen molar-refractivity contribution in [3.63, 3.8) is 0 Å². The van der Waals surface area contributed by atoms with Crippen molar-refractivity contribution in [2.24, 2.45) is 0 Å². The van der Waals surface area contributed by atoms with Gasteiger partial charge < -0.3 is 9.30 Å². The van der Waals surface area contributed by atoms with Crippen LogP contribution in [0.5, 0.6) is 5.75 Å². The number of hydrogen-bond acceptors (Lipinski definition) is 2. The number of methoxy groups -OCH3 is 1. The van der Waals surface area contributed by atoms with Gasteiger partial charge in [-0.25, -0.2) is 0 Å². The predicted octanol–water partition coefficient (Wildman–Crippen LogP) is 2.08. The van der Waals surface area contributed by atoms with Crippen molar-refractivity contribution < 1.29 is 4.74 Å². The lowest BCUT2D eigenvalue weighted by Gasteiger charge is -2.21. The van der Waals surface area contributed by atoms with Crippen LogP contribution >= 0.6 is 0 Å². The second-order valence-electron chi connectivity index (χ2n) is 4.18. The third kappa shape index (κ3) is 1.55. The molecule has 1 aromatic carbocycles. The number of rotatable bonds is 1. The van der Waals surface area contributed by atoms with Gasteiger partial charge in [0.2, 0.25) is 0 Å². The summed E-state index contributed by atoms with van der Waals surface area (Å²) < 4.78 is 6.97. The highest BCUT2D eigenvalue weighted by molar-refractivity contribution is 5.66. The Morgan fingerprint density at radius 2 is 2.06 bits per heavy atom. The number of aryl methyl sites for hydroxylation is 1. The van der Waals surface area contributed by atoms with E-state index in [1.165, 1.54) is 11.6 Å². The number of hydrogen-bond donors (Lipinski definition) is 0. The minimum absolute atomic E-state index is 0.00820. The molecule has 1 aromatic heterocycles. The van der Waals surface area contributed by atoms with E-state index in [0.29, 0.717) is 5.75 Å². The molecule has 1 aliphatic heterocycles. The van der Waals surface area contributed by atoms with Crippen molar-refractivity contribution in [2.75, 3.05) is 7.11 Å². The summed E-state index contributed by atoms with van der Waals surface area (Å²) in [4.78, 5) is 11.9. The molecule has 3 heteroatoms. The van der Waals surface area contributed by atoms with Crippen molar-refractivity contribution in [2.45, 2.75) is 13.0 Å². The normalized spacial score (nSPS) is 12.8. The lowest BCUT2D eigenvalue weighted by atomic mass is 9.97.